The van der Waals surface area contributed by atoms with Gasteiger partial charge in [0, 0.05) is 24.2 Å². The van der Waals surface area contributed by atoms with E-state index >= 15 is 0 Å². The number of allylic oxidation sites excluding steroid dienone is 1. The van der Waals surface area contributed by atoms with Crippen molar-refractivity contribution in [3.63, 3.8) is 0 Å². The summed E-state index contributed by atoms with van der Waals surface area (Å²) in [5, 5.41) is 9.16. The van der Waals surface area contributed by atoms with E-state index in [2.05, 4.69) is 16.8 Å². The number of hydrogen-bond acceptors (Lipinski definition) is 5. The van der Waals surface area contributed by atoms with Crippen LogP contribution in [0.1, 0.15) is 34.6 Å². The summed E-state index contributed by atoms with van der Waals surface area (Å²) in [7, 11) is 1.64. The molecule has 0 fully saturated rings. The van der Waals surface area contributed by atoms with E-state index in [0.29, 0.717) is 11.7 Å². The Morgan fingerprint density at radius 3 is 2.29 bits per heavy atom. The van der Waals surface area contributed by atoms with Crippen LogP contribution in [0, 0.1) is 0 Å². The van der Waals surface area contributed by atoms with Gasteiger partial charge in [-0.3, -0.25) is 9.36 Å². The summed E-state index contributed by atoms with van der Waals surface area (Å²) in [5.41, 5.74) is 0.937. The number of rotatable bonds is 9. The molecule has 152 valence electrons. The van der Waals surface area contributed by atoms with Crippen LogP contribution in [0.5, 0.6) is 5.75 Å². The minimum absolute atomic E-state index is 0.106. The summed E-state index contributed by atoms with van der Waals surface area (Å²) in [5.74, 6) is 1.64. The molecule has 0 saturated heterocycles. The van der Waals surface area contributed by atoms with Gasteiger partial charge in [-0.15, -0.1) is 16.8 Å². The number of carbonyl (C=O) groups excluding carboxylic acids is 1. The molecule has 0 N–H and O–H groups in total. The van der Waals surface area contributed by atoms with Gasteiger partial charge in [-0.25, -0.2) is 0 Å². The van der Waals surface area contributed by atoms with Crippen LogP contribution in [0.25, 0.3) is 11.4 Å². The van der Waals surface area contributed by atoms with Crippen LogP contribution in [0.4, 0.5) is 0 Å². The van der Waals surface area contributed by atoms with Gasteiger partial charge in [0.25, 0.3) is 0 Å². The third kappa shape index (κ3) is 4.95. The van der Waals surface area contributed by atoms with E-state index in [-0.39, 0.29) is 23.2 Å². The number of thioether (sulfide) groups is 1. The molecule has 2 aromatic rings. The van der Waals surface area contributed by atoms with Crippen LogP contribution in [0.15, 0.2) is 42.1 Å². The molecule has 0 bridgehead atoms. The molecule has 1 atom stereocenters. The number of benzene rings is 1. The number of methoxy groups -OCH3 is 1. The van der Waals surface area contributed by atoms with Crippen molar-refractivity contribution in [2.24, 2.45) is 0 Å². The molecule has 0 spiro atoms. The van der Waals surface area contributed by atoms with Crippen LogP contribution in [0.3, 0.4) is 0 Å². The van der Waals surface area contributed by atoms with E-state index in [1.54, 1.807) is 7.11 Å². The summed E-state index contributed by atoms with van der Waals surface area (Å²) in [6, 6.07) is 7.98. The van der Waals surface area contributed by atoms with Gasteiger partial charge >= 0.3 is 0 Å². The lowest BCUT2D eigenvalue weighted by Gasteiger charge is -2.32. The second-order valence-corrected chi connectivity index (χ2v) is 8.44. The maximum Gasteiger partial charge on any atom is 0.236 e. The van der Waals surface area contributed by atoms with Crippen molar-refractivity contribution in [2.45, 2.75) is 63.7 Å². The van der Waals surface area contributed by atoms with Crippen LogP contribution < -0.4 is 4.74 Å². The topological polar surface area (TPSA) is 60.2 Å². The summed E-state index contributed by atoms with van der Waals surface area (Å²) >= 11 is 1.43. The average molecular weight is 403 g/mol. The second kappa shape index (κ2) is 9.78. The van der Waals surface area contributed by atoms with Crippen molar-refractivity contribution in [3.8, 4) is 17.1 Å². The van der Waals surface area contributed by atoms with Crippen molar-refractivity contribution >= 4 is 17.7 Å². The van der Waals surface area contributed by atoms with Gasteiger partial charge in [0.15, 0.2) is 11.0 Å². The van der Waals surface area contributed by atoms with E-state index < -0.39 is 0 Å². The van der Waals surface area contributed by atoms with Crippen LogP contribution >= 0.6 is 11.8 Å². The SMILES string of the molecule is C=CCn1c(S[C@H](C)C(=O)N(C(C)C)C(C)C)nnc1-c1ccc(OC)cc1. The average Bonchev–Trinajstić information content (AvgIpc) is 3.04. The second-order valence-electron chi connectivity index (χ2n) is 7.13. The fraction of sp³-hybridized carbons (Fsp3) is 0.476. The van der Waals surface area contributed by atoms with Crippen molar-refractivity contribution in [2.75, 3.05) is 7.11 Å². The minimum Gasteiger partial charge on any atom is -0.497 e. The first kappa shape index (κ1) is 22.0. The first-order valence-electron chi connectivity index (χ1n) is 9.47. The number of aromatic nitrogens is 3. The van der Waals surface area contributed by atoms with Gasteiger partial charge in [0.1, 0.15) is 5.75 Å². The summed E-state index contributed by atoms with van der Waals surface area (Å²) in [6.07, 6.45) is 1.81. The molecule has 0 radical (unpaired) electrons. The third-order valence-corrected chi connectivity index (χ3v) is 5.44. The van der Waals surface area contributed by atoms with Crippen LogP contribution in [-0.4, -0.2) is 50.0 Å². The standard InChI is InChI=1S/C21H30N4O2S/c1-8-13-24-19(17-9-11-18(27-7)12-10-17)22-23-21(24)28-16(6)20(26)25(14(2)3)15(4)5/h8-12,14-16H,1,13H2,2-7H3/t16-/m1/s1. The molecule has 0 unspecified atom stereocenters. The highest BCUT2D eigenvalue weighted by atomic mass is 32.2. The Bertz CT molecular complexity index is 791. The van der Waals surface area contributed by atoms with E-state index in [1.807, 2.05) is 74.4 Å². The Morgan fingerprint density at radius 2 is 1.79 bits per heavy atom. The lowest BCUT2D eigenvalue weighted by atomic mass is 10.2. The van der Waals surface area contributed by atoms with Gasteiger partial charge in [-0.2, -0.15) is 0 Å². The van der Waals surface area contributed by atoms with Crippen molar-refractivity contribution in [1.82, 2.24) is 19.7 Å². The zero-order chi connectivity index (χ0) is 20.8. The van der Waals surface area contributed by atoms with E-state index in [1.165, 1.54) is 11.8 Å². The number of nitrogens with zero attached hydrogens (tertiary/aromatic N) is 4. The van der Waals surface area contributed by atoms with E-state index in [0.717, 1.165) is 17.1 Å². The Morgan fingerprint density at radius 1 is 1.18 bits per heavy atom. The third-order valence-electron chi connectivity index (χ3n) is 4.37. The molecular formula is C21H30N4O2S. The predicted octanol–water partition coefficient (Wildman–Crippen LogP) is 4.27. The van der Waals surface area contributed by atoms with Gasteiger partial charge in [-0.05, 0) is 58.9 Å². The lowest BCUT2D eigenvalue weighted by Crippen LogP contribution is -2.45. The molecule has 1 heterocycles. The molecule has 1 aromatic carbocycles. The monoisotopic (exact) mass is 402 g/mol. The summed E-state index contributed by atoms with van der Waals surface area (Å²) in [6.45, 7) is 14.5. The molecule has 7 heteroatoms. The Kier molecular flexibility index (Phi) is 7.69. The first-order chi connectivity index (χ1) is 13.3. The van der Waals surface area contributed by atoms with Gasteiger partial charge in [-0.1, -0.05) is 17.8 Å². The quantitative estimate of drug-likeness (QED) is 0.463. The fourth-order valence-corrected chi connectivity index (χ4v) is 4.06. The highest BCUT2D eigenvalue weighted by Gasteiger charge is 2.27. The highest BCUT2D eigenvalue weighted by molar-refractivity contribution is 8.00. The van der Waals surface area contributed by atoms with E-state index in [4.69, 9.17) is 4.74 Å². The zero-order valence-corrected chi connectivity index (χ0v) is 18.4. The molecule has 0 saturated carbocycles. The Balaban J connectivity index is 2.29. The largest absolute Gasteiger partial charge is 0.497 e. The zero-order valence-electron chi connectivity index (χ0n) is 17.5. The predicted molar refractivity (Wildman–Crippen MR) is 115 cm³/mol. The molecule has 0 aliphatic carbocycles. The molecule has 0 aliphatic rings. The number of ether oxygens (including phenoxy) is 1. The van der Waals surface area contributed by atoms with Crippen molar-refractivity contribution < 1.29 is 9.53 Å². The van der Waals surface area contributed by atoms with Gasteiger partial charge in [0.2, 0.25) is 5.91 Å². The number of carbonyl (C=O) groups is 1. The minimum atomic E-state index is -0.263. The number of hydrogen-bond donors (Lipinski definition) is 0. The normalized spacial score (nSPS) is 12.3. The van der Waals surface area contributed by atoms with Crippen molar-refractivity contribution in [1.29, 1.82) is 0 Å². The summed E-state index contributed by atoms with van der Waals surface area (Å²) < 4.78 is 7.21. The molecule has 6 nitrogen and oxygen atoms in total. The first-order valence-corrected chi connectivity index (χ1v) is 10.3. The molecule has 2 rings (SSSR count). The molecule has 0 aliphatic heterocycles. The maximum atomic E-state index is 13.0. The fourth-order valence-electron chi connectivity index (χ4n) is 3.15. The van der Waals surface area contributed by atoms with E-state index in [9.17, 15) is 4.79 Å². The van der Waals surface area contributed by atoms with Crippen molar-refractivity contribution in [3.05, 3.63) is 36.9 Å². The highest BCUT2D eigenvalue weighted by Crippen LogP contribution is 2.29. The maximum absolute atomic E-state index is 13.0. The number of amides is 1. The molecule has 1 amide bonds. The Labute approximate surface area is 172 Å². The van der Waals surface area contributed by atoms with Gasteiger partial charge < -0.3 is 9.64 Å². The molecular weight excluding hydrogens is 372 g/mol. The van der Waals surface area contributed by atoms with Crippen LogP contribution in [-0.2, 0) is 11.3 Å². The Hall–Kier alpha value is -2.28. The molecule has 28 heavy (non-hydrogen) atoms. The smallest absolute Gasteiger partial charge is 0.236 e. The van der Waals surface area contributed by atoms with Crippen LogP contribution in [0.2, 0.25) is 0 Å². The molecule has 1 aromatic heterocycles. The van der Waals surface area contributed by atoms with Gasteiger partial charge in [0.05, 0.1) is 12.4 Å². The lowest BCUT2D eigenvalue weighted by molar-refractivity contribution is -0.133. The summed E-state index contributed by atoms with van der Waals surface area (Å²) in [4.78, 5) is 14.9.